The number of hydrogen-bond donors (Lipinski definition) is 2. The van der Waals surface area contributed by atoms with Crippen LogP contribution in [0.3, 0.4) is 0 Å². The van der Waals surface area contributed by atoms with E-state index >= 15 is 0 Å². The molecule has 0 amide bonds. The molecule has 0 spiro atoms. The number of carbonyl (C=O) groups is 1. The molecule has 2 rings (SSSR count). The van der Waals surface area contributed by atoms with Crippen molar-refractivity contribution in [2.24, 2.45) is 0 Å². The molecule has 0 aliphatic heterocycles. The molecule has 0 radical (unpaired) electrons. The number of aromatic carboxylic acids is 1. The van der Waals surface area contributed by atoms with Gasteiger partial charge in [-0.25, -0.2) is 13.6 Å². The highest BCUT2D eigenvalue weighted by Crippen LogP contribution is 2.21. The summed E-state index contributed by atoms with van der Waals surface area (Å²) in [6.45, 7) is 1.76. The topological polar surface area (TPSA) is 62.2 Å². The summed E-state index contributed by atoms with van der Waals surface area (Å²) < 4.78 is 26.3. The number of rotatable bonds is 4. The molecule has 4 nitrogen and oxygen atoms in total. The number of carboxylic acids is 1. The van der Waals surface area contributed by atoms with Gasteiger partial charge >= 0.3 is 5.97 Å². The third-order valence-corrected chi connectivity index (χ3v) is 2.81. The van der Waals surface area contributed by atoms with Crippen LogP contribution in [0.2, 0.25) is 0 Å². The smallest absolute Gasteiger partial charge is 0.338 e. The fourth-order valence-corrected chi connectivity index (χ4v) is 1.78. The third-order valence-electron chi connectivity index (χ3n) is 2.81. The first-order valence-corrected chi connectivity index (χ1v) is 5.87. The number of nitrogens with zero attached hydrogens (tertiary/aromatic N) is 1. The highest BCUT2D eigenvalue weighted by atomic mass is 19.1. The first-order valence-electron chi connectivity index (χ1n) is 5.87. The first kappa shape index (κ1) is 13.9. The lowest BCUT2D eigenvalue weighted by Gasteiger charge is -2.16. The Bertz CT molecular complexity index is 647. The molecular formula is C14H12F2N2O2. The van der Waals surface area contributed by atoms with Gasteiger partial charge in [-0.3, -0.25) is 4.98 Å². The fraction of sp³-hybridized carbons (Fsp3) is 0.143. The van der Waals surface area contributed by atoms with Crippen molar-refractivity contribution in [1.29, 1.82) is 0 Å². The van der Waals surface area contributed by atoms with Crippen molar-refractivity contribution in [3.63, 3.8) is 0 Å². The van der Waals surface area contributed by atoms with Crippen LogP contribution in [0.1, 0.15) is 28.9 Å². The van der Waals surface area contributed by atoms with Gasteiger partial charge in [0.15, 0.2) is 0 Å². The van der Waals surface area contributed by atoms with Crippen molar-refractivity contribution in [3.05, 3.63) is 59.4 Å². The lowest BCUT2D eigenvalue weighted by Crippen LogP contribution is -2.09. The van der Waals surface area contributed by atoms with Crippen LogP contribution < -0.4 is 5.32 Å². The lowest BCUT2D eigenvalue weighted by molar-refractivity contribution is 0.0692. The van der Waals surface area contributed by atoms with E-state index in [0.29, 0.717) is 11.3 Å². The summed E-state index contributed by atoms with van der Waals surface area (Å²) >= 11 is 0. The Morgan fingerprint density at radius 1 is 1.30 bits per heavy atom. The van der Waals surface area contributed by atoms with Gasteiger partial charge < -0.3 is 10.4 Å². The molecule has 1 heterocycles. The van der Waals surface area contributed by atoms with Crippen LogP contribution in [0.25, 0.3) is 0 Å². The number of pyridine rings is 1. The van der Waals surface area contributed by atoms with Crippen LogP contribution in [0.15, 0.2) is 36.7 Å². The second kappa shape index (κ2) is 5.64. The maximum atomic E-state index is 13.3. The Labute approximate surface area is 114 Å². The summed E-state index contributed by atoms with van der Waals surface area (Å²) in [4.78, 5) is 14.6. The number of nitrogens with one attached hydrogen (secondary N) is 1. The van der Waals surface area contributed by atoms with Gasteiger partial charge in [-0.1, -0.05) is 0 Å². The molecule has 2 N–H and O–H groups in total. The number of anilines is 1. The van der Waals surface area contributed by atoms with Crippen LogP contribution in [-0.4, -0.2) is 16.1 Å². The molecule has 104 valence electrons. The van der Waals surface area contributed by atoms with Gasteiger partial charge in [0.1, 0.15) is 11.6 Å². The minimum atomic E-state index is -1.34. The van der Waals surface area contributed by atoms with Crippen molar-refractivity contribution >= 4 is 11.7 Å². The number of benzene rings is 1. The third kappa shape index (κ3) is 3.09. The van der Waals surface area contributed by atoms with E-state index in [2.05, 4.69) is 10.3 Å². The molecule has 0 aliphatic carbocycles. The zero-order chi connectivity index (χ0) is 14.7. The second-order valence-corrected chi connectivity index (χ2v) is 4.30. The zero-order valence-corrected chi connectivity index (χ0v) is 10.6. The van der Waals surface area contributed by atoms with Crippen molar-refractivity contribution in [1.82, 2.24) is 4.98 Å². The van der Waals surface area contributed by atoms with Crippen molar-refractivity contribution in [3.8, 4) is 0 Å². The SMILES string of the molecule is CC(Nc1ccc(F)c(C(=O)O)c1)c1cncc(F)c1. The number of carboxylic acid groups (broad SMARTS) is 1. The average molecular weight is 278 g/mol. The minimum absolute atomic E-state index is 0.301. The van der Waals surface area contributed by atoms with Gasteiger partial charge in [0.25, 0.3) is 0 Å². The zero-order valence-electron chi connectivity index (χ0n) is 10.6. The molecule has 0 fully saturated rings. The van der Waals surface area contributed by atoms with Crippen LogP contribution in [0, 0.1) is 11.6 Å². The quantitative estimate of drug-likeness (QED) is 0.901. The fourth-order valence-electron chi connectivity index (χ4n) is 1.78. The lowest BCUT2D eigenvalue weighted by atomic mass is 10.1. The van der Waals surface area contributed by atoms with Crippen LogP contribution >= 0.6 is 0 Å². The van der Waals surface area contributed by atoms with E-state index in [9.17, 15) is 13.6 Å². The highest BCUT2D eigenvalue weighted by Gasteiger charge is 2.12. The Morgan fingerprint density at radius 2 is 2.05 bits per heavy atom. The van der Waals surface area contributed by atoms with Crippen molar-refractivity contribution in [2.75, 3.05) is 5.32 Å². The molecule has 2 aromatic rings. The summed E-state index contributed by atoms with van der Waals surface area (Å²) in [6, 6.07) is 4.71. The van der Waals surface area contributed by atoms with Gasteiger partial charge in [-0.05, 0) is 36.8 Å². The molecule has 0 saturated heterocycles. The van der Waals surface area contributed by atoms with E-state index < -0.39 is 23.2 Å². The van der Waals surface area contributed by atoms with Gasteiger partial charge in [0, 0.05) is 11.9 Å². The molecule has 20 heavy (non-hydrogen) atoms. The molecule has 1 aromatic heterocycles. The Kier molecular flexibility index (Phi) is 3.93. The Hall–Kier alpha value is -2.50. The van der Waals surface area contributed by atoms with Crippen LogP contribution in [-0.2, 0) is 0 Å². The molecule has 0 bridgehead atoms. The van der Waals surface area contributed by atoms with Gasteiger partial charge in [-0.15, -0.1) is 0 Å². The molecular weight excluding hydrogens is 266 g/mol. The normalized spacial score (nSPS) is 11.9. The standard InChI is InChI=1S/C14H12F2N2O2/c1-8(9-4-10(15)7-17-6-9)18-11-2-3-13(16)12(5-11)14(19)20/h2-8,18H,1H3,(H,19,20). The number of aromatic nitrogens is 1. The van der Waals surface area contributed by atoms with E-state index in [1.54, 1.807) is 6.92 Å². The van der Waals surface area contributed by atoms with Crippen LogP contribution in [0.4, 0.5) is 14.5 Å². The highest BCUT2D eigenvalue weighted by molar-refractivity contribution is 5.89. The van der Waals surface area contributed by atoms with Gasteiger partial charge in [-0.2, -0.15) is 0 Å². The van der Waals surface area contributed by atoms with Crippen LogP contribution in [0.5, 0.6) is 0 Å². The monoisotopic (exact) mass is 278 g/mol. The molecule has 1 atom stereocenters. The first-order chi connectivity index (χ1) is 9.47. The van der Waals surface area contributed by atoms with E-state index in [4.69, 9.17) is 5.11 Å². The van der Waals surface area contributed by atoms with E-state index in [1.165, 1.54) is 24.4 Å². The number of halogens is 2. The minimum Gasteiger partial charge on any atom is -0.478 e. The number of hydrogen-bond acceptors (Lipinski definition) is 3. The summed E-state index contributed by atoms with van der Waals surface area (Å²) in [6.07, 6.45) is 2.60. The molecule has 1 aromatic carbocycles. The molecule has 1 unspecified atom stereocenters. The predicted octanol–water partition coefficient (Wildman–Crippen LogP) is 3.23. The maximum Gasteiger partial charge on any atom is 0.338 e. The van der Waals surface area contributed by atoms with Gasteiger partial charge in [0.05, 0.1) is 17.8 Å². The van der Waals surface area contributed by atoms with Crippen molar-refractivity contribution in [2.45, 2.75) is 13.0 Å². The largest absolute Gasteiger partial charge is 0.478 e. The summed E-state index contributed by atoms with van der Waals surface area (Å²) in [5.74, 6) is -2.60. The molecule has 6 heteroatoms. The van der Waals surface area contributed by atoms with E-state index in [1.807, 2.05) is 0 Å². The Morgan fingerprint density at radius 3 is 2.70 bits per heavy atom. The van der Waals surface area contributed by atoms with E-state index in [-0.39, 0.29) is 6.04 Å². The second-order valence-electron chi connectivity index (χ2n) is 4.30. The van der Waals surface area contributed by atoms with Crippen molar-refractivity contribution < 1.29 is 18.7 Å². The Balaban J connectivity index is 2.22. The molecule has 0 aliphatic rings. The summed E-state index contributed by atoms with van der Waals surface area (Å²) in [5, 5.41) is 11.8. The maximum absolute atomic E-state index is 13.3. The molecule has 0 saturated carbocycles. The van der Waals surface area contributed by atoms with Gasteiger partial charge in [0.2, 0.25) is 0 Å². The summed E-state index contributed by atoms with van der Waals surface area (Å²) in [5.41, 5.74) is 0.617. The predicted molar refractivity (Wildman–Crippen MR) is 69.6 cm³/mol. The average Bonchev–Trinajstić information content (AvgIpc) is 2.40. The van der Waals surface area contributed by atoms with E-state index in [0.717, 1.165) is 12.3 Å². The summed E-state index contributed by atoms with van der Waals surface area (Å²) in [7, 11) is 0.